The van der Waals surface area contributed by atoms with Gasteiger partial charge in [-0.3, -0.25) is 4.79 Å². The molecule has 7 heteroatoms. The third-order valence-electron chi connectivity index (χ3n) is 5.11. The van der Waals surface area contributed by atoms with Crippen LogP contribution in [0.3, 0.4) is 0 Å². The number of esters is 1. The van der Waals surface area contributed by atoms with Crippen LogP contribution < -0.4 is 5.32 Å². The molecule has 1 N–H and O–H groups in total. The van der Waals surface area contributed by atoms with Gasteiger partial charge in [-0.15, -0.1) is 10.2 Å². The maximum Gasteiger partial charge on any atom is 0.338 e. The molecule has 0 aliphatic rings. The summed E-state index contributed by atoms with van der Waals surface area (Å²) in [4.78, 5) is 24.8. The van der Waals surface area contributed by atoms with Crippen molar-refractivity contribution in [3.8, 4) is 22.9 Å². The summed E-state index contributed by atoms with van der Waals surface area (Å²) >= 11 is 0. The molecule has 4 rings (SSSR count). The molecular formula is C26H23N3O4. The molecule has 166 valence electrons. The Morgan fingerprint density at radius 2 is 1.64 bits per heavy atom. The van der Waals surface area contributed by atoms with Crippen molar-refractivity contribution in [3.63, 3.8) is 0 Å². The summed E-state index contributed by atoms with van der Waals surface area (Å²) < 4.78 is 11.1. The Hall–Kier alpha value is -4.26. The zero-order valence-corrected chi connectivity index (χ0v) is 18.5. The number of amides is 1. The summed E-state index contributed by atoms with van der Waals surface area (Å²) in [5.41, 5.74) is 4.55. The number of ether oxygens (including phenoxy) is 1. The van der Waals surface area contributed by atoms with Crippen LogP contribution >= 0.6 is 0 Å². The van der Waals surface area contributed by atoms with Crippen molar-refractivity contribution in [2.24, 2.45) is 0 Å². The van der Waals surface area contributed by atoms with E-state index in [1.807, 2.05) is 56.3 Å². The third kappa shape index (κ3) is 5.15. The first-order valence-electron chi connectivity index (χ1n) is 10.5. The largest absolute Gasteiger partial charge is 0.449 e. The summed E-state index contributed by atoms with van der Waals surface area (Å²) in [6, 6.07) is 21.7. The van der Waals surface area contributed by atoms with Gasteiger partial charge < -0.3 is 14.5 Å². The van der Waals surface area contributed by atoms with Crippen LogP contribution in [-0.4, -0.2) is 28.2 Å². The molecule has 1 heterocycles. The van der Waals surface area contributed by atoms with Crippen molar-refractivity contribution in [3.05, 3.63) is 89.5 Å². The maximum absolute atomic E-state index is 12.5. The van der Waals surface area contributed by atoms with Crippen LogP contribution in [0.15, 0.2) is 77.2 Å². The van der Waals surface area contributed by atoms with Crippen LogP contribution in [0.2, 0.25) is 0 Å². The molecule has 4 aromatic rings. The minimum atomic E-state index is -0.953. The number of carbonyl (C=O) groups excluding carboxylic acids is 2. The number of hydrogen-bond acceptors (Lipinski definition) is 6. The number of aromatic nitrogens is 2. The Morgan fingerprint density at radius 1 is 0.909 bits per heavy atom. The minimum absolute atomic E-state index is 0.313. The Balaban J connectivity index is 1.40. The first kappa shape index (κ1) is 22.0. The first-order chi connectivity index (χ1) is 15.9. The van der Waals surface area contributed by atoms with Crippen LogP contribution in [0.4, 0.5) is 5.69 Å². The molecule has 3 aromatic carbocycles. The van der Waals surface area contributed by atoms with Gasteiger partial charge in [0.25, 0.3) is 5.91 Å². The molecule has 1 amide bonds. The Morgan fingerprint density at radius 3 is 2.36 bits per heavy atom. The maximum atomic E-state index is 12.5. The summed E-state index contributed by atoms with van der Waals surface area (Å²) in [5, 5.41) is 11.0. The molecule has 0 saturated carbocycles. The van der Waals surface area contributed by atoms with E-state index in [2.05, 4.69) is 15.5 Å². The average Bonchev–Trinajstić information content (AvgIpc) is 3.29. The number of carbonyl (C=O) groups is 2. The number of nitrogens with one attached hydrogen (secondary N) is 1. The average molecular weight is 441 g/mol. The van der Waals surface area contributed by atoms with Gasteiger partial charge in [-0.05, 0) is 74.4 Å². The third-order valence-corrected chi connectivity index (χ3v) is 5.11. The highest BCUT2D eigenvalue weighted by Gasteiger charge is 2.20. The lowest BCUT2D eigenvalue weighted by molar-refractivity contribution is -0.123. The van der Waals surface area contributed by atoms with Gasteiger partial charge in [-0.2, -0.15) is 0 Å². The molecule has 33 heavy (non-hydrogen) atoms. The second kappa shape index (κ2) is 9.48. The van der Waals surface area contributed by atoms with E-state index in [-0.39, 0.29) is 0 Å². The van der Waals surface area contributed by atoms with Crippen molar-refractivity contribution in [2.75, 3.05) is 5.32 Å². The van der Waals surface area contributed by atoms with Gasteiger partial charge in [0.1, 0.15) is 0 Å². The van der Waals surface area contributed by atoms with E-state index < -0.39 is 18.0 Å². The van der Waals surface area contributed by atoms with Gasteiger partial charge in [0.05, 0.1) is 5.56 Å². The number of anilines is 1. The van der Waals surface area contributed by atoms with Crippen molar-refractivity contribution >= 4 is 17.6 Å². The van der Waals surface area contributed by atoms with Crippen molar-refractivity contribution in [2.45, 2.75) is 26.9 Å². The summed E-state index contributed by atoms with van der Waals surface area (Å²) in [6.45, 7) is 5.44. The zero-order valence-electron chi connectivity index (χ0n) is 18.5. The van der Waals surface area contributed by atoms with E-state index in [4.69, 9.17) is 9.15 Å². The molecule has 0 radical (unpaired) electrons. The summed E-state index contributed by atoms with van der Waals surface area (Å²) in [5.74, 6) is -0.223. The number of rotatable bonds is 6. The van der Waals surface area contributed by atoms with E-state index >= 15 is 0 Å². The first-order valence-corrected chi connectivity index (χ1v) is 10.5. The van der Waals surface area contributed by atoms with E-state index in [9.17, 15) is 9.59 Å². The molecular weight excluding hydrogens is 418 g/mol. The van der Waals surface area contributed by atoms with Crippen molar-refractivity contribution < 1.29 is 18.7 Å². The van der Waals surface area contributed by atoms with Gasteiger partial charge in [-0.25, -0.2) is 4.79 Å². The normalized spacial score (nSPS) is 11.6. The highest BCUT2D eigenvalue weighted by molar-refractivity contribution is 5.97. The second-order valence-electron chi connectivity index (χ2n) is 7.71. The Kier molecular flexibility index (Phi) is 6.31. The van der Waals surface area contributed by atoms with Crippen LogP contribution in [0.5, 0.6) is 0 Å². The predicted octanol–water partition coefficient (Wildman–Crippen LogP) is 5.20. The van der Waals surface area contributed by atoms with Crippen LogP contribution in [0.25, 0.3) is 22.9 Å². The standard InChI is InChI=1S/C26H23N3O4/c1-16-7-6-9-21(15-16)27-23(30)18(3)32-26(31)20-13-11-19(12-14-20)24-28-29-25(33-24)22-10-5-4-8-17(22)2/h4-15,18H,1-3H3,(H,27,30). The molecule has 0 aliphatic carbocycles. The molecule has 0 bridgehead atoms. The molecule has 0 aliphatic heterocycles. The van der Waals surface area contributed by atoms with Crippen LogP contribution in [-0.2, 0) is 9.53 Å². The quantitative estimate of drug-likeness (QED) is 0.413. The van der Waals surface area contributed by atoms with Crippen molar-refractivity contribution in [1.29, 1.82) is 0 Å². The van der Waals surface area contributed by atoms with E-state index in [1.54, 1.807) is 30.3 Å². The number of aryl methyl sites for hydroxylation is 2. The highest BCUT2D eigenvalue weighted by Crippen LogP contribution is 2.26. The van der Waals surface area contributed by atoms with Gasteiger partial charge in [0.15, 0.2) is 6.10 Å². The fourth-order valence-electron chi connectivity index (χ4n) is 3.26. The predicted molar refractivity (Wildman–Crippen MR) is 125 cm³/mol. The molecule has 7 nitrogen and oxygen atoms in total. The Labute approximate surface area is 191 Å². The molecule has 1 unspecified atom stereocenters. The van der Waals surface area contributed by atoms with Gasteiger partial charge in [-0.1, -0.05) is 30.3 Å². The monoisotopic (exact) mass is 441 g/mol. The Bertz CT molecular complexity index is 1290. The van der Waals surface area contributed by atoms with E-state index in [0.29, 0.717) is 28.6 Å². The second-order valence-corrected chi connectivity index (χ2v) is 7.71. The van der Waals surface area contributed by atoms with Gasteiger partial charge >= 0.3 is 5.97 Å². The lowest BCUT2D eigenvalue weighted by Crippen LogP contribution is -2.30. The van der Waals surface area contributed by atoms with Gasteiger partial charge in [0, 0.05) is 16.8 Å². The fraction of sp³-hybridized carbons (Fsp3) is 0.154. The number of benzene rings is 3. The minimum Gasteiger partial charge on any atom is -0.449 e. The smallest absolute Gasteiger partial charge is 0.338 e. The van der Waals surface area contributed by atoms with E-state index in [1.165, 1.54) is 6.92 Å². The van der Waals surface area contributed by atoms with Crippen LogP contribution in [0.1, 0.15) is 28.4 Å². The molecule has 0 fully saturated rings. The SMILES string of the molecule is Cc1cccc(NC(=O)C(C)OC(=O)c2ccc(-c3nnc(-c4ccccc4C)o3)cc2)c1. The van der Waals surface area contributed by atoms with E-state index in [0.717, 1.165) is 16.7 Å². The van der Waals surface area contributed by atoms with Crippen molar-refractivity contribution in [1.82, 2.24) is 10.2 Å². The van der Waals surface area contributed by atoms with Crippen LogP contribution in [0, 0.1) is 13.8 Å². The number of nitrogens with zero attached hydrogens (tertiary/aromatic N) is 2. The summed E-state index contributed by atoms with van der Waals surface area (Å²) in [6.07, 6.45) is -0.953. The fourth-order valence-corrected chi connectivity index (χ4v) is 3.26. The summed E-state index contributed by atoms with van der Waals surface area (Å²) in [7, 11) is 0. The lowest BCUT2D eigenvalue weighted by Gasteiger charge is -2.14. The molecule has 1 aromatic heterocycles. The lowest BCUT2D eigenvalue weighted by atomic mass is 10.1. The molecule has 0 spiro atoms. The van der Waals surface area contributed by atoms with Gasteiger partial charge in [0.2, 0.25) is 11.8 Å². The molecule has 0 saturated heterocycles. The zero-order chi connectivity index (χ0) is 23.4. The number of hydrogen-bond donors (Lipinski definition) is 1. The topological polar surface area (TPSA) is 94.3 Å². The highest BCUT2D eigenvalue weighted by atomic mass is 16.5. The molecule has 1 atom stereocenters.